The zero-order valence-electron chi connectivity index (χ0n) is 16.8. The van der Waals surface area contributed by atoms with Crippen LogP contribution in [-0.4, -0.2) is 27.0 Å². The van der Waals surface area contributed by atoms with Gasteiger partial charge in [-0.15, -0.1) is 0 Å². The quantitative estimate of drug-likeness (QED) is 0.601. The summed E-state index contributed by atoms with van der Waals surface area (Å²) in [6.07, 6.45) is 3.62. The highest BCUT2D eigenvalue weighted by Crippen LogP contribution is 2.43. The number of nitrogens with zero attached hydrogens (tertiary/aromatic N) is 1. The van der Waals surface area contributed by atoms with Gasteiger partial charge in [-0.25, -0.2) is 0 Å². The molecule has 0 aromatic heterocycles. The maximum atomic E-state index is 12.9. The Kier molecular flexibility index (Phi) is 5.26. The molecule has 2 aromatic rings. The third kappa shape index (κ3) is 3.44. The van der Waals surface area contributed by atoms with Gasteiger partial charge in [-0.1, -0.05) is 19.9 Å². The zero-order valence-corrected chi connectivity index (χ0v) is 16.8. The van der Waals surface area contributed by atoms with E-state index in [-0.39, 0.29) is 11.3 Å². The predicted octanol–water partition coefficient (Wildman–Crippen LogP) is 4.60. The zero-order chi connectivity index (χ0) is 19.6. The van der Waals surface area contributed by atoms with Crippen LogP contribution in [0.4, 0.5) is 5.69 Å². The molecule has 1 N–H and O–H groups in total. The fourth-order valence-corrected chi connectivity index (χ4v) is 3.74. The van der Waals surface area contributed by atoms with Crippen LogP contribution < -0.4 is 15.0 Å². The van der Waals surface area contributed by atoms with Crippen LogP contribution in [0.25, 0.3) is 5.70 Å². The van der Waals surface area contributed by atoms with Crippen LogP contribution in [0, 0.1) is 0 Å². The number of carbonyl (C=O) groups excluding carboxylic acids is 1. The molecule has 0 saturated heterocycles. The molecule has 27 heavy (non-hydrogen) atoms. The van der Waals surface area contributed by atoms with E-state index in [1.54, 1.807) is 13.2 Å². The van der Waals surface area contributed by atoms with Gasteiger partial charge >= 0.3 is 0 Å². The predicted molar refractivity (Wildman–Crippen MR) is 111 cm³/mol. The van der Waals surface area contributed by atoms with Crippen LogP contribution in [-0.2, 0) is 5.54 Å². The van der Waals surface area contributed by atoms with Gasteiger partial charge in [0, 0.05) is 42.7 Å². The molecule has 0 spiro atoms. The summed E-state index contributed by atoms with van der Waals surface area (Å²) in [5.41, 5.74) is 4.78. The van der Waals surface area contributed by atoms with Crippen molar-refractivity contribution in [3.8, 4) is 5.75 Å². The summed E-state index contributed by atoms with van der Waals surface area (Å²) < 4.78 is 5.40. The Morgan fingerprint density at radius 2 is 1.78 bits per heavy atom. The number of hydrogen-bond donors (Lipinski definition) is 1. The minimum absolute atomic E-state index is 0.000387. The van der Waals surface area contributed by atoms with E-state index in [1.165, 1.54) is 5.56 Å². The molecule has 142 valence electrons. The van der Waals surface area contributed by atoms with E-state index in [9.17, 15) is 4.79 Å². The number of carbonyl (C=O) groups is 1. The topological polar surface area (TPSA) is 41.6 Å². The lowest BCUT2D eigenvalue weighted by Crippen LogP contribution is -2.34. The third-order valence-electron chi connectivity index (χ3n) is 5.56. The lowest BCUT2D eigenvalue weighted by Gasteiger charge is -2.28. The van der Waals surface area contributed by atoms with Crippen molar-refractivity contribution in [2.45, 2.75) is 32.2 Å². The molecule has 3 rings (SSSR count). The second kappa shape index (κ2) is 7.47. The first-order chi connectivity index (χ1) is 12.9. The molecule has 0 atom stereocenters. The molecule has 0 radical (unpaired) electrons. The van der Waals surface area contributed by atoms with E-state index in [4.69, 9.17) is 4.74 Å². The fourth-order valence-electron chi connectivity index (χ4n) is 3.74. The number of allylic oxidation sites excluding steroid dienone is 1. The van der Waals surface area contributed by atoms with E-state index in [0.29, 0.717) is 5.56 Å². The Balaban J connectivity index is 2.00. The minimum Gasteiger partial charge on any atom is -0.497 e. The summed E-state index contributed by atoms with van der Waals surface area (Å²) in [6, 6.07) is 13.8. The number of ether oxygens (including phenoxy) is 1. The molecule has 0 unspecified atom stereocenters. The van der Waals surface area contributed by atoms with Crippen LogP contribution in [0.1, 0.15) is 48.2 Å². The second-order valence-electron chi connectivity index (χ2n) is 7.19. The summed E-state index contributed by atoms with van der Waals surface area (Å²) in [6.45, 7) is 4.35. The van der Waals surface area contributed by atoms with Gasteiger partial charge in [0.1, 0.15) is 5.75 Å². The number of hydrogen-bond acceptors (Lipinski definition) is 4. The van der Waals surface area contributed by atoms with Gasteiger partial charge in [0.25, 0.3) is 0 Å². The Hall–Kier alpha value is -2.75. The molecular weight excluding hydrogens is 336 g/mol. The highest BCUT2D eigenvalue weighted by Gasteiger charge is 2.38. The molecule has 4 heteroatoms. The Labute approximate surface area is 161 Å². The van der Waals surface area contributed by atoms with Crippen molar-refractivity contribution in [1.29, 1.82) is 0 Å². The van der Waals surface area contributed by atoms with E-state index in [2.05, 4.69) is 25.2 Å². The minimum atomic E-state index is -0.136. The van der Waals surface area contributed by atoms with Crippen molar-refractivity contribution in [2.24, 2.45) is 0 Å². The van der Waals surface area contributed by atoms with Crippen LogP contribution in [0.5, 0.6) is 5.75 Å². The SMILES string of the molecule is CCC1(CC)N/C(=C\C(=O)c2ccc(N(C)C)cc2)c2cc(OC)ccc21. The van der Waals surface area contributed by atoms with E-state index >= 15 is 0 Å². The van der Waals surface area contributed by atoms with E-state index in [1.807, 2.05) is 55.4 Å². The molecule has 1 heterocycles. The molecule has 1 aliphatic heterocycles. The van der Waals surface area contributed by atoms with E-state index < -0.39 is 0 Å². The maximum absolute atomic E-state index is 12.9. The van der Waals surface area contributed by atoms with Crippen LogP contribution >= 0.6 is 0 Å². The number of anilines is 1. The van der Waals surface area contributed by atoms with Crippen LogP contribution in [0.3, 0.4) is 0 Å². The van der Waals surface area contributed by atoms with Gasteiger partial charge in [0.05, 0.1) is 12.6 Å². The summed E-state index contributed by atoms with van der Waals surface area (Å²) in [4.78, 5) is 14.9. The first-order valence-electron chi connectivity index (χ1n) is 9.44. The van der Waals surface area contributed by atoms with E-state index in [0.717, 1.165) is 35.5 Å². The second-order valence-corrected chi connectivity index (χ2v) is 7.19. The number of fused-ring (bicyclic) bond motifs is 1. The Morgan fingerprint density at radius 3 is 2.33 bits per heavy atom. The fraction of sp³-hybridized carbons (Fsp3) is 0.348. The van der Waals surface area contributed by atoms with Gasteiger partial charge in [0.15, 0.2) is 5.78 Å². The third-order valence-corrected chi connectivity index (χ3v) is 5.56. The molecule has 0 aliphatic carbocycles. The van der Waals surface area contributed by atoms with Crippen molar-refractivity contribution >= 4 is 17.2 Å². The summed E-state index contributed by atoms with van der Waals surface area (Å²) >= 11 is 0. The summed E-state index contributed by atoms with van der Waals surface area (Å²) in [5.74, 6) is 0.798. The maximum Gasteiger partial charge on any atom is 0.187 e. The molecule has 4 nitrogen and oxygen atoms in total. The highest BCUT2D eigenvalue weighted by atomic mass is 16.5. The Morgan fingerprint density at radius 1 is 1.11 bits per heavy atom. The molecule has 0 bridgehead atoms. The van der Waals surface area contributed by atoms with Gasteiger partial charge in [-0.3, -0.25) is 4.79 Å². The van der Waals surface area contributed by atoms with Crippen molar-refractivity contribution in [3.05, 3.63) is 65.2 Å². The van der Waals surface area contributed by atoms with Gasteiger partial charge < -0.3 is 15.0 Å². The smallest absolute Gasteiger partial charge is 0.187 e. The largest absolute Gasteiger partial charge is 0.497 e. The van der Waals surface area contributed by atoms with Gasteiger partial charge in [-0.05, 0) is 54.8 Å². The molecular formula is C23H28N2O2. The monoisotopic (exact) mass is 364 g/mol. The standard InChI is InChI=1S/C23H28N2O2/c1-6-23(7-2)20-13-12-18(27-5)14-19(20)21(24-23)15-22(26)16-8-10-17(11-9-16)25(3)4/h8-15,24H,6-7H2,1-5H3/b21-15-. The number of methoxy groups -OCH3 is 1. The van der Waals surface area contributed by atoms with Crippen LogP contribution in [0.15, 0.2) is 48.5 Å². The lowest BCUT2D eigenvalue weighted by atomic mass is 9.85. The normalized spacial score (nSPS) is 16.0. The first kappa shape index (κ1) is 19.0. The van der Waals surface area contributed by atoms with Crippen molar-refractivity contribution < 1.29 is 9.53 Å². The number of benzene rings is 2. The van der Waals surface area contributed by atoms with Crippen LogP contribution in [0.2, 0.25) is 0 Å². The molecule has 0 amide bonds. The van der Waals surface area contributed by atoms with Crippen molar-refractivity contribution in [2.75, 3.05) is 26.1 Å². The average molecular weight is 364 g/mol. The van der Waals surface area contributed by atoms with Crippen molar-refractivity contribution in [1.82, 2.24) is 5.32 Å². The highest BCUT2D eigenvalue weighted by molar-refractivity contribution is 6.09. The summed E-state index contributed by atoms with van der Waals surface area (Å²) in [7, 11) is 5.64. The van der Waals surface area contributed by atoms with Crippen molar-refractivity contribution in [3.63, 3.8) is 0 Å². The molecule has 2 aromatic carbocycles. The number of nitrogens with one attached hydrogen (secondary N) is 1. The molecule has 0 fully saturated rings. The van der Waals surface area contributed by atoms with Gasteiger partial charge in [0.2, 0.25) is 0 Å². The first-order valence-corrected chi connectivity index (χ1v) is 9.44. The average Bonchev–Trinajstić information content (AvgIpc) is 3.01. The molecule has 0 saturated carbocycles. The molecule has 1 aliphatic rings. The van der Waals surface area contributed by atoms with Gasteiger partial charge in [-0.2, -0.15) is 0 Å². The number of ketones is 1. The lowest BCUT2D eigenvalue weighted by molar-refractivity contribution is 0.104. The number of rotatable bonds is 6. The Bertz CT molecular complexity index is 862. The summed E-state index contributed by atoms with van der Waals surface area (Å²) in [5, 5.41) is 3.63.